The van der Waals surface area contributed by atoms with Gasteiger partial charge in [0.05, 0.1) is 35.3 Å². The molecule has 294 valence electrons. The van der Waals surface area contributed by atoms with Crippen molar-refractivity contribution in [2.75, 3.05) is 49.7 Å². The number of thiophene rings is 1. The van der Waals surface area contributed by atoms with Gasteiger partial charge in [-0.3, -0.25) is 4.90 Å². The van der Waals surface area contributed by atoms with Crippen molar-refractivity contribution in [2.45, 2.75) is 69.4 Å². The molecular formula is C39H38F6N8O2S. The van der Waals surface area contributed by atoms with E-state index in [0.717, 1.165) is 44.4 Å². The SMILES string of the molecule is COc1nc2c3c(c(C(F)(F)F)c(-c4ccc(F)c5sc(N)c(C#N)c45)c(F)c3n1)OCCN2C(CC1CCC1)c1cccnc1N.FC1CC2CCCN2C1. The van der Waals surface area contributed by atoms with Gasteiger partial charge in [0.25, 0.3) is 0 Å². The average molecular weight is 797 g/mol. The van der Waals surface area contributed by atoms with Gasteiger partial charge < -0.3 is 25.8 Å². The minimum atomic E-state index is -5.18. The van der Waals surface area contributed by atoms with Crippen LogP contribution in [0.5, 0.6) is 11.8 Å². The zero-order valence-corrected chi connectivity index (χ0v) is 31.1. The highest BCUT2D eigenvalue weighted by atomic mass is 32.1. The number of nitrogen functional groups attached to an aromatic ring is 2. The number of aromatic nitrogens is 3. The number of benzene rings is 2. The number of alkyl halides is 4. The Kier molecular flexibility index (Phi) is 9.98. The van der Waals surface area contributed by atoms with E-state index in [1.165, 1.54) is 20.0 Å². The van der Waals surface area contributed by atoms with Gasteiger partial charge in [-0.1, -0.05) is 31.4 Å². The summed E-state index contributed by atoms with van der Waals surface area (Å²) in [5.41, 5.74) is 9.38. The molecule has 1 aliphatic carbocycles. The maximum atomic E-state index is 17.0. The molecule has 0 radical (unpaired) electrons. The number of nitrogens with zero attached hydrogens (tertiary/aromatic N) is 6. The Hall–Kier alpha value is -5.08. The summed E-state index contributed by atoms with van der Waals surface area (Å²) >= 11 is 0.686. The molecule has 1 saturated carbocycles. The number of hydrogen-bond donors (Lipinski definition) is 2. The van der Waals surface area contributed by atoms with Gasteiger partial charge in [-0.2, -0.15) is 28.4 Å². The highest BCUT2D eigenvalue weighted by molar-refractivity contribution is 7.23. The second-order valence-electron chi connectivity index (χ2n) is 14.6. The van der Waals surface area contributed by atoms with E-state index in [1.54, 1.807) is 23.2 Å². The zero-order chi connectivity index (χ0) is 39.5. The van der Waals surface area contributed by atoms with Gasteiger partial charge in [-0.15, -0.1) is 11.3 Å². The van der Waals surface area contributed by atoms with Crippen molar-refractivity contribution in [2.24, 2.45) is 5.92 Å². The molecule has 4 N–H and O–H groups in total. The molecule has 0 spiro atoms. The van der Waals surface area contributed by atoms with Crippen molar-refractivity contribution < 1.29 is 35.8 Å². The topological polar surface area (TPSA) is 139 Å². The van der Waals surface area contributed by atoms with E-state index in [1.807, 2.05) is 6.07 Å². The van der Waals surface area contributed by atoms with E-state index >= 15 is 17.6 Å². The number of hydrogen-bond acceptors (Lipinski definition) is 11. The van der Waals surface area contributed by atoms with E-state index in [2.05, 4.69) is 19.9 Å². The third-order valence-corrected chi connectivity index (χ3v) is 12.4. The Morgan fingerprint density at radius 3 is 2.57 bits per heavy atom. The molecule has 5 aromatic rings. The largest absolute Gasteiger partial charge is 0.490 e. The van der Waals surface area contributed by atoms with Gasteiger partial charge in [-0.25, -0.2) is 18.2 Å². The van der Waals surface area contributed by atoms with Crippen molar-refractivity contribution in [3.8, 4) is 29.0 Å². The molecule has 56 heavy (non-hydrogen) atoms. The third kappa shape index (κ3) is 6.55. The zero-order valence-electron chi connectivity index (χ0n) is 30.3. The highest BCUT2D eigenvalue weighted by Crippen LogP contribution is 2.54. The Balaban J connectivity index is 0.000000427. The van der Waals surface area contributed by atoms with Crippen molar-refractivity contribution in [1.82, 2.24) is 19.9 Å². The van der Waals surface area contributed by atoms with Gasteiger partial charge in [-0.05, 0) is 55.8 Å². The lowest BCUT2D eigenvalue weighted by Crippen LogP contribution is -2.35. The van der Waals surface area contributed by atoms with Gasteiger partial charge in [0, 0.05) is 35.3 Å². The highest BCUT2D eigenvalue weighted by Gasteiger charge is 2.45. The fourth-order valence-electron chi connectivity index (χ4n) is 8.60. The van der Waals surface area contributed by atoms with E-state index in [0.29, 0.717) is 41.8 Å². The third-order valence-electron chi connectivity index (χ3n) is 11.4. The second kappa shape index (κ2) is 14.8. The lowest BCUT2D eigenvalue weighted by molar-refractivity contribution is -0.138. The minimum absolute atomic E-state index is 0.0235. The molecule has 2 saturated heterocycles. The summed E-state index contributed by atoms with van der Waals surface area (Å²) in [7, 11) is 1.26. The fraction of sp³-hybridized carbons (Fsp3) is 0.436. The first-order valence-corrected chi connectivity index (χ1v) is 19.3. The molecule has 3 aromatic heterocycles. The van der Waals surface area contributed by atoms with Gasteiger partial charge >= 0.3 is 12.2 Å². The maximum Gasteiger partial charge on any atom is 0.420 e. The molecular weight excluding hydrogens is 759 g/mol. The lowest BCUT2D eigenvalue weighted by atomic mass is 9.79. The van der Waals surface area contributed by atoms with E-state index in [9.17, 15) is 14.0 Å². The smallest absolute Gasteiger partial charge is 0.420 e. The molecule has 0 amide bonds. The van der Waals surface area contributed by atoms with Crippen LogP contribution in [0.4, 0.5) is 43.0 Å². The van der Waals surface area contributed by atoms with E-state index < -0.39 is 52.4 Å². The van der Waals surface area contributed by atoms with Crippen LogP contribution in [-0.4, -0.2) is 65.4 Å². The molecule has 0 bridgehead atoms. The molecule has 4 aliphatic rings. The fourth-order valence-corrected chi connectivity index (χ4v) is 9.55. The van der Waals surface area contributed by atoms with Crippen LogP contribution in [0.1, 0.15) is 67.7 Å². The normalized spacial score (nSPS) is 20.1. The first-order valence-electron chi connectivity index (χ1n) is 18.5. The van der Waals surface area contributed by atoms with Crippen LogP contribution < -0.4 is 25.8 Å². The molecule has 3 fully saturated rings. The Bertz CT molecular complexity index is 2350. The number of rotatable bonds is 6. The Morgan fingerprint density at radius 1 is 1.09 bits per heavy atom. The van der Waals surface area contributed by atoms with Crippen LogP contribution in [0.3, 0.4) is 0 Å². The minimum Gasteiger partial charge on any atom is -0.490 e. The van der Waals surface area contributed by atoms with E-state index in [-0.39, 0.29) is 62.4 Å². The number of pyridine rings is 1. The second-order valence-corrected chi connectivity index (χ2v) is 15.6. The summed E-state index contributed by atoms with van der Waals surface area (Å²) in [5.74, 6) is -2.34. The number of methoxy groups -OCH3 is 1. The molecule has 6 heterocycles. The lowest BCUT2D eigenvalue weighted by Gasteiger charge is -2.37. The number of anilines is 3. The van der Waals surface area contributed by atoms with Crippen molar-refractivity contribution in [3.63, 3.8) is 0 Å². The van der Waals surface area contributed by atoms with Crippen LogP contribution in [0, 0.1) is 28.9 Å². The first-order chi connectivity index (χ1) is 26.9. The number of halogens is 6. The van der Waals surface area contributed by atoms with Crippen molar-refractivity contribution in [1.29, 1.82) is 5.26 Å². The van der Waals surface area contributed by atoms with Crippen molar-refractivity contribution >= 4 is 49.0 Å². The summed E-state index contributed by atoms with van der Waals surface area (Å²) in [5, 5.41) is 9.16. The quantitative estimate of drug-likeness (QED) is 0.161. The summed E-state index contributed by atoms with van der Waals surface area (Å²) < 4.78 is 101. The molecule has 3 unspecified atom stereocenters. The van der Waals surface area contributed by atoms with Crippen LogP contribution in [0.2, 0.25) is 0 Å². The summed E-state index contributed by atoms with van der Waals surface area (Å²) in [6.45, 7) is 1.68. The van der Waals surface area contributed by atoms with Crippen LogP contribution in [-0.2, 0) is 6.18 Å². The van der Waals surface area contributed by atoms with Gasteiger partial charge in [0.15, 0.2) is 5.82 Å². The van der Waals surface area contributed by atoms with Gasteiger partial charge in [0.1, 0.15) is 58.1 Å². The maximum absolute atomic E-state index is 17.0. The number of ether oxygens (including phenoxy) is 2. The number of fused-ring (bicyclic) bond motifs is 2. The first kappa shape index (κ1) is 37.8. The molecule has 17 heteroatoms. The molecule has 10 nitrogen and oxygen atoms in total. The predicted molar refractivity (Wildman–Crippen MR) is 201 cm³/mol. The van der Waals surface area contributed by atoms with Gasteiger partial charge in [0.2, 0.25) is 0 Å². The molecule has 3 atom stereocenters. The monoisotopic (exact) mass is 796 g/mol. The summed E-state index contributed by atoms with van der Waals surface area (Å²) in [6, 6.07) is 7.09. The average Bonchev–Trinajstić information content (AvgIpc) is 3.80. The number of nitrogens with two attached hydrogens (primary N) is 2. The molecule has 3 aliphatic heterocycles. The molecule has 2 aromatic carbocycles. The van der Waals surface area contributed by atoms with Crippen LogP contribution >= 0.6 is 11.3 Å². The Morgan fingerprint density at radius 2 is 1.89 bits per heavy atom. The summed E-state index contributed by atoms with van der Waals surface area (Å²) in [6.07, 6.45) is 2.77. The number of nitriles is 1. The predicted octanol–water partition coefficient (Wildman–Crippen LogP) is 8.57. The van der Waals surface area contributed by atoms with Crippen molar-refractivity contribution in [3.05, 3.63) is 58.8 Å². The van der Waals surface area contributed by atoms with Crippen LogP contribution in [0.25, 0.3) is 32.1 Å². The summed E-state index contributed by atoms with van der Waals surface area (Å²) in [4.78, 5) is 17.0. The standard InChI is InChI=1S/C32H26F5N7O2S.C7H12FN/c1-45-31-42-25-22-26(46-11-10-44(30(22)43-31)19(12-14-4-2-5-14)15-6-3-9-41-28(15)39)23(32(35,36)37)21(24(25)34)16-7-8-18(33)27-20(16)17(13-38)29(40)47-27;8-6-4-7-2-1-3-9(7)5-6/h3,6-9,14,19H,2,4-5,10-12,40H2,1H3,(H2,39,41);6-7H,1-5H2. The Labute approximate surface area is 322 Å². The van der Waals surface area contributed by atoms with E-state index in [4.69, 9.17) is 20.9 Å². The van der Waals surface area contributed by atoms with Crippen LogP contribution in [0.15, 0.2) is 30.5 Å². The molecule has 9 rings (SSSR count).